The van der Waals surface area contributed by atoms with Gasteiger partial charge in [-0.3, -0.25) is 13.9 Å². The normalized spacial score (nSPS) is 12.7. The Bertz CT molecular complexity index is 1480. The van der Waals surface area contributed by atoms with Crippen molar-refractivity contribution in [3.8, 4) is 5.75 Å². The van der Waals surface area contributed by atoms with E-state index < -0.39 is 28.5 Å². The highest BCUT2D eigenvalue weighted by atomic mass is 35.5. The summed E-state index contributed by atoms with van der Waals surface area (Å²) in [4.78, 5) is 29.1. The van der Waals surface area contributed by atoms with Gasteiger partial charge in [-0.05, 0) is 81.1 Å². The van der Waals surface area contributed by atoms with Gasteiger partial charge < -0.3 is 15.0 Å². The number of halogens is 1. The van der Waals surface area contributed by atoms with E-state index in [1.54, 1.807) is 50.4 Å². The van der Waals surface area contributed by atoms with E-state index >= 15 is 0 Å². The van der Waals surface area contributed by atoms with Crippen LogP contribution in [0.5, 0.6) is 5.75 Å². The molecule has 0 aliphatic carbocycles. The van der Waals surface area contributed by atoms with Gasteiger partial charge in [-0.15, -0.1) is 0 Å². The van der Waals surface area contributed by atoms with Crippen LogP contribution in [0.4, 0.5) is 5.69 Å². The van der Waals surface area contributed by atoms with Crippen LogP contribution in [-0.4, -0.2) is 50.9 Å². The van der Waals surface area contributed by atoms with Gasteiger partial charge in [-0.1, -0.05) is 61.3 Å². The number of methoxy groups -OCH3 is 1. The lowest BCUT2D eigenvalue weighted by molar-refractivity contribution is -0.140. The van der Waals surface area contributed by atoms with Crippen LogP contribution in [0.25, 0.3) is 0 Å². The summed E-state index contributed by atoms with van der Waals surface area (Å²) < 4.78 is 34.5. The van der Waals surface area contributed by atoms with E-state index in [2.05, 4.69) is 5.32 Å². The zero-order valence-electron chi connectivity index (χ0n) is 25.1. The molecule has 3 rings (SSSR count). The quantitative estimate of drug-likeness (QED) is 0.260. The topological polar surface area (TPSA) is 96.0 Å². The maximum Gasteiger partial charge on any atom is 0.264 e. The third-order valence-corrected chi connectivity index (χ3v) is 9.24. The molecule has 0 heterocycles. The van der Waals surface area contributed by atoms with Gasteiger partial charge in [-0.25, -0.2) is 8.42 Å². The van der Waals surface area contributed by atoms with Crippen molar-refractivity contribution in [3.05, 3.63) is 88.4 Å². The van der Waals surface area contributed by atoms with Gasteiger partial charge in [0.1, 0.15) is 18.3 Å². The lowest BCUT2D eigenvalue weighted by atomic mass is 10.1. The Morgan fingerprint density at radius 2 is 1.60 bits per heavy atom. The summed E-state index contributed by atoms with van der Waals surface area (Å²) in [7, 11) is -2.62. The monoisotopic (exact) mass is 613 g/mol. The summed E-state index contributed by atoms with van der Waals surface area (Å²) in [5, 5.41) is 3.32. The minimum atomic E-state index is -4.19. The summed E-state index contributed by atoms with van der Waals surface area (Å²) in [6, 6.07) is 17.7. The summed E-state index contributed by atoms with van der Waals surface area (Å²) in [6.07, 6.45) is 1.07. The molecule has 0 spiro atoms. The second kappa shape index (κ2) is 14.6. The molecule has 0 saturated heterocycles. The molecule has 3 aromatic rings. The molecule has 0 unspecified atom stereocenters. The molecule has 0 aliphatic rings. The van der Waals surface area contributed by atoms with Crippen LogP contribution in [0.3, 0.4) is 0 Å². The number of ether oxygens (including phenoxy) is 1. The maximum absolute atomic E-state index is 14.2. The van der Waals surface area contributed by atoms with Crippen molar-refractivity contribution in [1.82, 2.24) is 10.2 Å². The van der Waals surface area contributed by atoms with Crippen molar-refractivity contribution in [2.24, 2.45) is 0 Å². The van der Waals surface area contributed by atoms with E-state index in [0.717, 1.165) is 21.9 Å². The maximum atomic E-state index is 14.2. The van der Waals surface area contributed by atoms with E-state index in [0.29, 0.717) is 22.8 Å². The first-order valence-electron chi connectivity index (χ1n) is 14.0. The largest absolute Gasteiger partial charge is 0.497 e. The van der Waals surface area contributed by atoms with E-state index in [1.807, 2.05) is 39.8 Å². The van der Waals surface area contributed by atoms with Crippen molar-refractivity contribution >= 4 is 39.1 Å². The lowest BCUT2D eigenvalue weighted by Crippen LogP contribution is -2.53. The van der Waals surface area contributed by atoms with E-state index in [9.17, 15) is 18.0 Å². The third kappa shape index (κ3) is 8.04. The number of hydrogen-bond donors (Lipinski definition) is 1. The predicted octanol–water partition coefficient (Wildman–Crippen LogP) is 5.88. The van der Waals surface area contributed by atoms with Crippen LogP contribution in [0.1, 0.15) is 50.3 Å². The Morgan fingerprint density at radius 1 is 0.952 bits per heavy atom. The van der Waals surface area contributed by atoms with E-state index in [1.165, 1.54) is 23.1 Å². The first kappa shape index (κ1) is 32.9. The van der Waals surface area contributed by atoms with Crippen LogP contribution < -0.4 is 14.4 Å². The van der Waals surface area contributed by atoms with E-state index in [4.69, 9.17) is 16.3 Å². The number of sulfonamides is 1. The summed E-state index contributed by atoms with van der Waals surface area (Å²) in [6.45, 7) is 8.90. The average molecular weight is 614 g/mol. The number of nitrogens with one attached hydrogen (secondary N) is 1. The highest BCUT2D eigenvalue weighted by molar-refractivity contribution is 7.92. The zero-order chi connectivity index (χ0) is 31.0. The number of aryl methyl sites for hydroxylation is 2. The van der Waals surface area contributed by atoms with Crippen LogP contribution >= 0.6 is 11.6 Å². The fraction of sp³-hybridized carbons (Fsp3) is 0.375. The summed E-state index contributed by atoms with van der Waals surface area (Å²) in [5.41, 5.74) is 2.59. The van der Waals surface area contributed by atoms with Gasteiger partial charge in [0.05, 0.1) is 17.7 Å². The first-order valence-corrected chi connectivity index (χ1v) is 15.8. The Balaban J connectivity index is 2.09. The number of carbonyl (C=O) groups is 2. The van der Waals surface area contributed by atoms with Gasteiger partial charge in [0.2, 0.25) is 11.8 Å². The highest BCUT2D eigenvalue weighted by Gasteiger charge is 2.34. The molecule has 226 valence electrons. The molecule has 1 N–H and O–H groups in total. The first-order chi connectivity index (χ1) is 19.9. The molecule has 2 atom stereocenters. The molecule has 0 bridgehead atoms. The fourth-order valence-corrected chi connectivity index (χ4v) is 6.13. The molecule has 0 fully saturated rings. The van der Waals surface area contributed by atoms with Gasteiger partial charge in [0, 0.05) is 17.6 Å². The molecule has 0 aliphatic heterocycles. The highest BCUT2D eigenvalue weighted by Crippen LogP contribution is 2.30. The van der Waals surface area contributed by atoms with Crippen molar-refractivity contribution in [2.75, 3.05) is 18.0 Å². The van der Waals surface area contributed by atoms with Gasteiger partial charge >= 0.3 is 0 Å². The molecule has 10 heteroatoms. The number of benzene rings is 3. The lowest BCUT2D eigenvalue weighted by Gasteiger charge is -2.34. The third-order valence-electron chi connectivity index (χ3n) is 7.23. The van der Waals surface area contributed by atoms with Crippen molar-refractivity contribution < 1.29 is 22.7 Å². The number of nitrogens with zero attached hydrogens (tertiary/aromatic N) is 2. The molecule has 0 radical (unpaired) electrons. The van der Waals surface area contributed by atoms with Gasteiger partial charge in [0.15, 0.2) is 0 Å². The van der Waals surface area contributed by atoms with Crippen LogP contribution in [0.15, 0.2) is 71.6 Å². The Labute approximate surface area is 254 Å². The molecule has 3 aromatic carbocycles. The zero-order valence-corrected chi connectivity index (χ0v) is 26.6. The Morgan fingerprint density at radius 3 is 2.17 bits per heavy atom. The summed E-state index contributed by atoms with van der Waals surface area (Å²) >= 11 is 6.31. The van der Waals surface area contributed by atoms with Crippen LogP contribution in [-0.2, 0) is 26.2 Å². The number of carbonyl (C=O) groups excluding carboxylic acids is 2. The molecule has 42 heavy (non-hydrogen) atoms. The molecule has 0 saturated carbocycles. The average Bonchev–Trinajstić information content (AvgIpc) is 2.97. The minimum Gasteiger partial charge on any atom is -0.497 e. The molecule has 2 amide bonds. The predicted molar refractivity (Wildman–Crippen MR) is 167 cm³/mol. The molecular formula is C32H40ClN3O5S. The number of anilines is 1. The number of rotatable bonds is 13. The number of hydrogen-bond acceptors (Lipinski definition) is 5. The van der Waals surface area contributed by atoms with Gasteiger partial charge in [0.25, 0.3) is 10.0 Å². The van der Waals surface area contributed by atoms with Crippen LogP contribution in [0, 0.1) is 13.8 Å². The standard InChI is InChI=1S/C32H40ClN3O5S/c1-7-24(5)34-32(38)29(8-2)35(20-25-12-15-27(41-6)16-13-25)31(37)21-36(30-19-26(33)14-11-23(30)4)42(39,40)28-17-9-22(3)10-18-28/h9-19,24,29H,7-8,20-21H2,1-6H3,(H,34,38)/t24-,29+/m0/s1. The Hall–Kier alpha value is -3.56. The molecular weight excluding hydrogens is 574 g/mol. The van der Waals surface area contributed by atoms with E-state index in [-0.39, 0.29) is 29.1 Å². The number of amides is 2. The Kier molecular flexibility index (Phi) is 11.4. The smallest absolute Gasteiger partial charge is 0.264 e. The van der Waals surface area contributed by atoms with Crippen molar-refractivity contribution in [1.29, 1.82) is 0 Å². The molecule has 8 nitrogen and oxygen atoms in total. The van der Waals surface area contributed by atoms with Crippen molar-refractivity contribution in [3.63, 3.8) is 0 Å². The minimum absolute atomic E-state index is 0.0449. The SMILES string of the molecule is CC[C@H](C(=O)N[C@@H](C)CC)N(Cc1ccc(OC)cc1)C(=O)CN(c1cc(Cl)ccc1C)S(=O)(=O)c1ccc(C)cc1. The van der Waals surface area contributed by atoms with Crippen molar-refractivity contribution in [2.45, 2.75) is 71.0 Å². The fourth-order valence-electron chi connectivity index (χ4n) is 4.49. The molecule has 0 aromatic heterocycles. The summed E-state index contributed by atoms with van der Waals surface area (Å²) in [5.74, 6) is -0.155. The second-order valence-electron chi connectivity index (χ2n) is 10.4. The van der Waals surface area contributed by atoms with Gasteiger partial charge in [-0.2, -0.15) is 0 Å². The second-order valence-corrected chi connectivity index (χ2v) is 12.7. The van der Waals surface area contributed by atoms with Crippen LogP contribution in [0.2, 0.25) is 5.02 Å².